The lowest BCUT2D eigenvalue weighted by molar-refractivity contribution is -0.385. The molecule has 1 N–H and O–H groups in total. The number of H-pyrrole nitrogens is 1. The summed E-state index contributed by atoms with van der Waals surface area (Å²) in [6.45, 7) is 0. The number of nitrogens with zero attached hydrogens (tertiary/aromatic N) is 2. The molecule has 0 amide bonds. The lowest BCUT2D eigenvalue weighted by atomic mass is 10.0. The number of methoxy groups -OCH3 is 4. The Kier molecular flexibility index (Phi) is 5.35. The Hall–Kier alpha value is -3.75. The Morgan fingerprint density at radius 3 is 2.07 bits per heavy atom. The molecule has 1 heterocycles. The SMILES string of the molecule is COc1ccc(-c2[nH]ncc2-c2cc(OC)c(OC)c(OC)c2)cc1[N+](=O)[O-]. The van der Waals surface area contributed by atoms with Crippen LogP contribution in [0.15, 0.2) is 36.5 Å². The van der Waals surface area contributed by atoms with Crippen molar-refractivity contribution < 1.29 is 23.9 Å². The maximum absolute atomic E-state index is 11.3. The predicted molar refractivity (Wildman–Crippen MR) is 102 cm³/mol. The zero-order valence-corrected chi connectivity index (χ0v) is 15.8. The molecular formula is C19H19N3O6. The maximum Gasteiger partial charge on any atom is 0.311 e. The van der Waals surface area contributed by atoms with Crippen molar-refractivity contribution in [3.63, 3.8) is 0 Å². The van der Waals surface area contributed by atoms with Crippen molar-refractivity contribution in [3.8, 4) is 45.4 Å². The number of nitrogens with one attached hydrogen (secondary N) is 1. The Labute approximate surface area is 161 Å². The first kappa shape index (κ1) is 19.0. The number of benzene rings is 2. The minimum Gasteiger partial charge on any atom is -0.493 e. The van der Waals surface area contributed by atoms with Crippen LogP contribution in [-0.4, -0.2) is 43.6 Å². The monoisotopic (exact) mass is 385 g/mol. The third kappa shape index (κ3) is 3.29. The van der Waals surface area contributed by atoms with Crippen molar-refractivity contribution in [2.24, 2.45) is 0 Å². The van der Waals surface area contributed by atoms with Crippen LogP contribution < -0.4 is 18.9 Å². The number of hydrogen-bond donors (Lipinski definition) is 1. The molecule has 9 heteroatoms. The summed E-state index contributed by atoms with van der Waals surface area (Å²) in [4.78, 5) is 10.9. The molecule has 0 aliphatic heterocycles. The standard InChI is InChI=1S/C19H19N3O6/c1-25-15-6-5-11(7-14(15)22(23)24)18-13(10-20-21-18)12-8-16(26-2)19(28-4)17(9-12)27-3/h5-10H,1-4H3,(H,20,21). The van der Waals surface area contributed by atoms with Crippen molar-refractivity contribution in [1.82, 2.24) is 10.2 Å². The summed E-state index contributed by atoms with van der Waals surface area (Å²) < 4.78 is 21.2. The van der Waals surface area contributed by atoms with Crippen LogP contribution in [0.1, 0.15) is 0 Å². The highest BCUT2D eigenvalue weighted by atomic mass is 16.6. The van der Waals surface area contributed by atoms with Crippen LogP contribution in [0.2, 0.25) is 0 Å². The van der Waals surface area contributed by atoms with Crippen molar-refractivity contribution in [2.45, 2.75) is 0 Å². The summed E-state index contributed by atoms with van der Waals surface area (Å²) in [6.07, 6.45) is 1.63. The van der Waals surface area contributed by atoms with Crippen molar-refractivity contribution in [1.29, 1.82) is 0 Å². The average molecular weight is 385 g/mol. The van der Waals surface area contributed by atoms with E-state index in [1.807, 2.05) is 0 Å². The van der Waals surface area contributed by atoms with E-state index in [9.17, 15) is 10.1 Å². The van der Waals surface area contributed by atoms with E-state index in [4.69, 9.17) is 18.9 Å². The number of aromatic nitrogens is 2. The van der Waals surface area contributed by atoms with Gasteiger partial charge in [0.1, 0.15) is 0 Å². The van der Waals surface area contributed by atoms with E-state index >= 15 is 0 Å². The van der Waals surface area contributed by atoms with E-state index in [2.05, 4.69) is 10.2 Å². The molecule has 0 unspecified atom stereocenters. The van der Waals surface area contributed by atoms with Gasteiger partial charge in [-0.25, -0.2) is 0 Å². The highest BCUT2D eigenvalue weighted by molar-refractivity contribution is 5.83. The van der Waals surface area contributed by atoms with Gasteiger partial charge in [-0.05, 0) is 29.8 Å². The van der Waals surface area contributed by atoms with Gasteiger partial charge in [-0.1, -0.05) is 0 Å². The zero-order valence-electron chi connectivity index (χ0n) is 15.8. The highest BCUT2D eigenvalue weighted by Gasteiger charge is 2.20. The van der Waals surface area contributed by atoms with Crippen LogP contribution in [0.25, 0.3) is 22.4 Å². The Morgan fingerprint density at radius 2 is 1.54 bits per heavy atom. The summed E-state index contributed by atoms with van der Waals surface area (Å²) >= 11 is 0. The van der Waals surface area contributed by atoms with Gasteiger partial charge in [0, 0.05) is 17.2 Å². The fraction of sp³-hybridized carbons (Fsp3) is 0.211. The molecule has 0 radical (unpaired) electrons. The minimum absolute atomic E-state index is 0.134. The number of aromatic amines is 1. The summed E-state index contributed by atoms with van der Waals surface area (Å²) in [7, 11) is 5.98. The molecule has 28 heavy (non-hydrogen) atoms. The molecule has 0 saturated carbocycles. The lowest BCUT2D eigenvalue weighted by Gasteiger charge is -2.14. The van der Waals surface area contributed by atoms with Gasteiger partial charge in [0.25, 0.3) is 0 Å². The second-order valence-electron chi connectivity index (χ2n) is 5.72. The van der Waals surface area contributed by atoms with Gasteiger partial charge < -0.3 is 18.9 Å². The van der Waals surface area contributed by atoms with Crippen LogP contribution in [0, 0.1) is 10.1 Å². The largest absolute Gasteiger partial charge is 0.493 e. The topological polar surface area (TPSA) is 109 Å². The van der Waals surface area contributed by atoms with Crippen LogP contribution in [0.3, 0.4) is 0 Å². The van der Waals surface area contributed by atoms with Gasteiger partial charge >= 0.3 is 5.69 Å². The molecular weight excluding hydrogens is 366 g/mol. The van der Waals surface area contributed by atoms with Crippen LogP contribution in [0.5, 0.6) is 23.0 Å². The van der Waals surface area contributed by atoms with E-state index in [1.165, 1.54) is 34.5 Å². The zero-order chi connectivity index (χ0) is 20.3. The van der Waals surface area contributed by atoms with Gasteiger partial charge in [-0.15, -0.1) is 0 Å². The Balaban J connectivity index is 2.16. The quantitative estimate of drug-likeness (QED) is 0.488. The molecule has 146 valence electrons. The van der Waals surface area contributed by atoms with E-state index < -0.39 is 4.92 Å². The normalized spacial score (nSPS) is 10.4. The van der Waals surface area contributed by atoms with Crippen molar-refractivity contribution in [3.05, 3.63) is 46.6 Å². The molecule has 0 bridgehead atoms. The van der Waals surface area contributed by atoms with E-state index in [-0.39, 0.29) is 11.4 Å². The molecule has 0 aliphatic carbocycles. The smallest absolute Gasteiger partial charge is 0.311 e. The molecule has 0 saturated heterocycles. The Bertz CT molecular complexity index is 990. The summed E-state index contributed by atoms with van der Waals surface area (Å²) in [5, 5.41) is 18.4. The van der Waals surface area contributed by atoms with E-state index in [0.717, 1.165) is 11.1 Å². The number of nitro benzene ring substituents is 1. The molecule has 0 atom stereocenters. The molecule has 0 aliphatic rings. The van der Waals surface area contributed by atoms with Crippen molar-refractivity contribution >= 4 is 5.69 Å². The Morgan fingerprint density at radius 1 is 0.893 bits per heavy atom. The van der Waals surface area contributed by atoms with Gasteiger partial charge in [0.15, 0.2) is 17.2 Å². The first-order chi connectivity index (χ1) is 13.5. The number of nitro groups is 1. The molecule has 3 aromatic rings. The highest BCUT2D eigenvalue weighted by Crippen LogP contribution is 2.43. The van der Waals surface area contributed by atoms with E-state index in [0.29, 0.717) is 28.5 Å². The summed E-state index contributed by atoms with van der Waals surface area (Å²) in [6, 6.07) is 8.28. The second kappa shape index (κ2) is 7.87. The number of hydrogen-bond acceptors (Lipinski definition) is 7. The van der Waals surface area contributed by atoms with Crippen LogP contribution >= 0.6 is 0 Å². The maximum atomic E-state index is 11.3. The first-order valence-corrected chi connectivity index (χ1v) is 8.20. The minimum atomic E-state index is -0.488. The molecule has 3 rings (SSSR count). The molecule has 0 spiro atoms. The van der Waals surface area contributed by atoms with Gasteiger partial charge in [-0.3, -0.25) is 15.2 Å². The van der Waals surface area contributed by atoms with Crippen LogP contribution in [0.4, 0.5) is 5.69 Å². The predicted octanol–water partition coefficient (Wildman–Crippen LogP) is 3.69. The van der Waals surface area contributed by atoms with Gasteiger partial charge in [0.2, 0.25) is 5.75 Å². The second-order valence-corrected chi connectivity index (χ2v) is 5.72. The fourth-order valence-electron chi connectivity index (χ4n) is 2.95. The molecule has 0 fully saturated rings. The van der Waals surface area contributed by atoms with Gasteiger partial charge in [-0.2, -0.15) is 5.10 Å². The van der Waals surface area contributed by atoms with Crippen LogP contribution in [-0.2, 0) is 0 Å². The van der Waals surface area contributed by atoms with Gasteiger partial charge in [0.05, 0.1) is 45.3 Å². The third-order valence-corrected chi connectivity index (χ3v) is 4.28. The average Bonchev–Trinajstić information content (AvgIpc) is 3.21. The summed E-state index contributed by atoms with van der Waals surface area (Å²) in [5.41, 5.74) is 2.54. The number of ether oxygens (including phenoxy) is 4. The number of rotatable bonds is 7. The van der Waals surface area contributed by atoms with Crippen molar-refractivity contribution in [2.75, 3.05) is 28.4 Å². The fourth-order valence-corrected chi connectivity index (χ4v) is 2.95. The molecule has 2 aromatic carbocycles. The molecule has 9 nitrogen and oxygen atoms in total. The first-order valence-electron chi connectivity index (χ1n) is 8.20. The summed E-state index contributed by atoms with van der Waals surface area (Å²) in [5.74, 6) is 1.64. The third-order valence-electron chi connectivity index (χ3n) is 4.28. The van der Waals surface area contributed by atoms with E-state index in [1.54, 1.807) is 30.5 Å². The lowest BCUT2D eigenvalue weighted by Crippen LogP contribution is -1.96. The molecule has 1 aromatic heterocycles.